The van der Waals surface area contributed by atoms with Gasteiger partial charge in [0, 0.05) is 5.02 Å². The van der Waals surface area contributed by atoms with Gasteiger partial charge in [0.2, 0.25) is 0 Å². The van der Waals surface area contributed by atoms with Gasteiger partial charge in [-0.25, -0.2) is 0 Å². The van der Waals surface area contributed by atoms with Crippen LogP contribution in [0.4, 0.5) is 0 Å². The van der Waals surface area contributed by atoms with Gasteiger partial charge in [-0.1, -0.05) is 29.8 Å². The maximum atomic E-state index is 11.5. The van der Waals surface area contributed by atoms with Crippen molar-refractivity contribution in [3.05, 3.63) is 40.9 Å². The van der Waals surface area contributed by atoms with E-state index in [0.29, 0.717) is 11.6 Å². The lowest BCUT2D eigenvalue weighted by atomic mass is 10.1. The number of ether oxygens (including phenoxy) is 1. The maximum Gasteiger partial charge on any atom is 0.189 e. The predicted octanol–water partition coefficient (Wildman–Crippen LogP) is 2.71. The third-order valence-corrected chi connectivity index (χ3v) is 2.65. The second-order valence-electron chi connectivity index (χ2n) is 3.77. The number of halogens is 1. The van der Waals surface area contributed by atoms with Crippen LogP contribution in [0.15, 0.2) is 30.3 Å². The molecule has 1 aromatic rings. The summed E-state index contributed by atoms with van der Waals surface area (Å²) < 4.78 is 5.04. The van der Waals surface area contributed by atoms with Crippen molar-refractivity contribution in [1.82, 2.24) is 0 Å². The van der Waals surface area contributed by atoms with E-state index in [9.17, 15) is 4.79 Å². The summed E-state index contributed by atoms with van der Waals surface area (Å²) in [4.78, 5) is 11.5. The number of hydrogen-bond donors (Lipinski definition) is 0. The SMILES string of the molecule is C[C@@]1(C(=O)/C=C\c2ccc(Cl)cc2)CO1. The fraction of sp³-hybridized carbons (Fsp3) is 0.250. The van der Waals surface area contributed by atoms with Gasteiger partial charge in [-0.2, -0.15) is 0 Å². The molecule has 0 N–H and O–H groups in total. The van der Waals surface area contributed by atoms with E-state index in [1.54, 1.807) is 31.2 Å². The third-order valence-electron chi connectivity index (χ3n) is 2.40. The van der Waals surface area contributed by atoms with E-state index in [-0.39, 0.29) is 5.78 Å². The van der Waals surface area contributed by atoms with E-state index in [1.165, 1.54) is 0 Å². The third kappa shape index (κ3) is 2.46. The minimum absolute atomic E-state index is 0.0115. The molecule has 0 spiro atoms. The molecule has 0 saturated carbocycles. The summed E-state index contributed by atoms with van der Waals surface area (Å²) in [5.74, 6) is 0.0115. The lowest BCUT2D eigenvalue weighted by molar-refractivity contribution is -0.118. The molecule has 2 rings (SSSR count). The Morgan fingerprint density at radius 3 is 2.60 bits per heavy atom. The van der Waals surface area contributed by atoms with Crippen molar-refractivity contribution in [2.45, 2.75) is 12.5 Å². The van der Waals surface area contributed by atoms with E-state index in [4.69, 9.17) is 16.3 Å². The van der Waals surface area contributed by atoms with Crippen LogP contribution in [0.1, 0.15) is 12.5 Å². The van der Waals surface area contributed by atoms with Gasteiger partial charge in [0.05, 0.1) is 6.61 Å². The highest BCUT2D eigenvalue weighted by molar-refractivity contribution is 6.30. The molecule has 2 nitrogen and oxygen atoms in total. The van der Waals surface area contributed by atoms with Crippen LogP contribution in [0.5, 0.6) is 0 Å². The number of epoxide rings is 1. The lowest BCUT2D eigenvalue weighted by Crippen LogP contribution is -2.17. The van der Waals surface area contributed by atoms with Crippen LogP contribution in [-0.2, 0) is 9.53 Å². The van der Waals surface area contributed by atoms with Gasteiger partial charge in [-0.15, -0.1) is 0 Å². The molecular formula is C12H11ClO2. The van der Waals surface area contributed by atoms with E-state index >= 15 is 0 Å². The van der Waals surface area contributed by atoms with Gasteiger partial charge in [0.25, 0.3) is 0 Å². The highest BCUT2D eigenvalue weighted by atomic mass is 35.5. The number of ketones is 1. The molecule has 0 amide bonds. The van der Waals surface area contributed by atoms with Gasteiger partial charge in [-0.05, 0) is 30.7 Å². The number of carbonyl (C=O) groups is 1. The summed E-state index contributed by atoms with van der Waals surface area (Å²) >= 11 is 5.75. The van der Waals surface area contributed by atoms with Crippen molar-refractivity contribution in [2.24, 2.45) is 0 Å². The summed E-state index contributed by atoms with van der Waals surface area (Å²) in [6.07, 6.45) is 3.32. The molecule has 0 aliphatic carbocycles. The van der Waals surface area contributed by atoms with E-state index in [0.717, 1.165) is 5.56 Å². The molecule has 1 saturated heterocycles. The van der Waals surface area contributed by atoms with Crippen LogP contribution in [-0.4, -0.2) is 18.0 Å². The zero-order valence-electron chi connectivity index (χ0n) is 8.37. The summed E-state index contributed by atoms with van der Waals surface area (Å²) in [5, 5.41) is 0.691. The minimum atomic E-state index is -0.567. The fourth-order valence-corrected chi connectivity index (χ4v) is 1.30. The Bertz CT molecular complexity index is 402. The molecule has 0 unspecified atom stereocenters. The van der Waals surface area contributed by atoms with Gasteiger partial charge in [0.15, 0.2) is 11.4 Å². The minimum Gasteiger partial charge on any atom is -0.361 e. The number of rotatable bonds is 3. The molecule has 1 aliphatic rings. The highest BCUT2D eigenvalue weighted by Gasteiger charge is 2.45. The van der Waals surface area contributed by atoms with Crippen LogP contribution in [0, 0.1) is 0 Å². The Morgan fingerprint density at radius 2 is 2.07 bits per heavy atom. The van der Waals surface area contributed by atoms with E-state index in [2.05, 4.69) is 0 Å². The summed E-state index contributed by atoms with van der Waals surface area (Å²) in [7, 11) is 0. The number of carbonyl (C=O) groups excluding carboxylic acids is 1. The summed E-state index contributed by atoms with van der Waals surface area (Å²) in [6, 6.07) is 7.31. The van der Waals surface area contributed by atoms with Crippen LogP contribution >= 0.6 is 11.6 Å². The molecule has 78 valence electrons. The van der Waals surface area contributed by atoms with Gasteiger partial charge in [0.1, 0.15) is 0 Å². The highest BCUT2D eigenvalue weighted by Crippen LogP contribution is 2.27. The molecule has 0 radical (unpaired) electrons. The van der Waals surface area contributed by atoms with Crippen LogP contribution in [0.2, 0.25) is 5.02 Å². The summed E-state index contributed by atoms with van der Waals surface area (Å²) in [5.41, 5.74) is 0.389. The smallest absolute Gasteiger partial charge is 0.189 e. The first kappa shape index (κ1) is 10.4. The van der Waals surface area contributed by atoms with E-state index in [1.807, 2.05) is 12.1 Å². The Morgan fingerprint density at radius 1 is 1.47 bits per heavy atom. The average molecular weight is 223 g/mol. The van der Waals surface area contributed by atoms with Crippen molar-refractivity contribution in [2.75, 3.05) is 6.61 Å². The molecule has 1 aliphatic heterocycles. The quantitative estimate of drug-likeness (QED) is 0.581. The molecule has 1 heterocycles. The Kier molecular flexibility index (Phi) is 2.63. The predicted molar refractivity (Wildman–Crippen MR) is 59.9 cm³/mol. The molecule has 3 heteroatoms. The first-order valence-corrected chi connectivity index (χ1v) is 5.10. The number of hydrogen-bond acceptors (Lipinski definition) is 2. The molecule has 1 fully saturated rings. The van der Waals surface area contributed by atoms with Crippen LogP contribution in [0.3, 0.4) is 0 Å². The normalized spacial score (nSPS) is 24.4. The maximum absolute atomic E-state index is 11.5. The monoisotopic (exact) mass is 222 g/mol. The zero-order valence-corrected chi connectivity index (χ0v) is 9.12. The van der Waals surface area contributed by atoms with Crippen LogP contribution < -0.4 is 0 Å². The second-order valence-corrected chi connectivity index (χ2v) is 4.21. The zero-order chi connectivity index (χ0) is 10.9. The first-order chi connectivity index (χ1) is 7.10. The van der Waals surface area contributed by atoms with Crippen molar-refractivity contribution in [3.8, 4) is 0 Å². The largest absolute Gasteiger partial charge is 0.361 e. The van der Waals surface area contributed by atoms with Crippen molar-refractivity contribution >= 4 is 23.5 Å². The first-order valence-electron chi connectivity index (χ1n) is 4.72. The van der Waals surface area contributed by atoms with Crippen molar-refractivity contribution in [1.29, 1.82) is 0 Å². The molecular weight excluding hydrogens is 212 g/mol. The molecule has 1 aromatic carbocycles. The molecule has 0 aromatic heterocycles. The standard InChI is InChI=1S/C12H11ClO2/c1-12(8-15-12)11(14)7-4-9-2-5-10(13)6-3-9/h2-7H,8H2,1H3/b7-4-/t12-/m0/s1. The topological polar surface area (TPSA) is 29.6 Å². The number of benzene rings is 1. The van der Waals surface area contributed by atoms with Crippen molar-refractivity contribution in [3.63, 3.8) is 0 Å². The molecule has 0 bridgehead atoms. The Hall–Kier alpha value is -1.12. The Balaban J connectivity index is 2.05. The van der Waals surface area contributed by atoms with Crippen molar-refractivity contribution < 1.29 is 9.53 Å². The molecule has 15 heavy (non-hydrogen) atoms. The second kappa shape index (κ2) is 3.80. The van der Waals surface area contributed by atoms with Crippen LogP contribution in [0.25, 0.3) is 6.08 Å². The fourth-order valence-electron chi connectivity index (χ4n) is 1.17. The lowest BCUT2D eigenvalue weighted by Gasteiger charge is -1.97. The van der Waals surface area contributed by atoms with E-state index < -0.39 is 5.60 Å². The van der Waals surface area contributed by atoms with Gasteiger partial charge in [-0.3, -0.25) is 4.79 Å². The molecule has 1 atom stereocenters. The van der Waals surface area contributed by atoms with Gasteiger partial charge >= 0.3 is 0 Å². The summed E-state index contributed by atoms with van der Waals surface area (Å²) in [6.45, 7) is 2.32. The van der Waals surface area contributed by atoms with Gasteiger partial charge < -0.3 is 4.74 Å². The average Bonchev–Trinajstić information content (AvgIpc) is 2.97. The Labute approximate surface area is 93.5 Å².